The number of nitrogens with zero attached hydrogens (tertiary/aromatic N) is 2. The fourth-order valence-electron chi connectivity index (χ4n) is 4.69. The van der Waals surface area contributed by atoms with E-state index in [4.69, 9.17) is 16.3 Å². The molecule has 2 aromatic rings. The van der Waals surface area contributed by atoms with Gasteiger partial charge in [-0.2, -0.15) is 0 Å². The number of amides is 2. The third-order valence-electron chi connectivity index (χ3n) is 6.69. The summed E-state index contributed by atoms with van der Waals surface area (Å²) in [5.74, 6) is -0.968. The lowest BCUT2D eigenvalue weighted by molar-refractivity contribution is -0.140. The number of carbonyl (C=O) groups is 2. The number of ether oxygens (including phenoxy) is 1. The standard InChI is InChI=1S/C27H35ClFN3O5S/c1-4-25(27(34)30-20-10-6-5-7-11-20)31(17-19-9-8-12-22(15-19)37-2)26(33)18-32(38(3,35)36)21-13-14-24(29)23(28)16-21/h8-9,12-16,20,25H,4-7,10-11,17-18H2,1-3H3,(H,30,34). The van der Waals surface area contributed by atoms with Crippen molar-refractivity contribution in [3.8, 4) is 5.75 Å². The van der Waals surface area contributed by atoms with Crippen molar-refractivity contribution in [3.05, 3.63) is 58.9 Å². The normalized spacial score (nSPS) is 15.0. The van der Waals surface area contributed by atoms with Gasteiger partial charge in [0, 0.05) is 12.6 Å². The molecular weight excluding hydrogens is 533 g/mol. The van der Waals surface area contributed by atoms with Crippen molar-refractivity contribution in [1.82, 2.24) is 10.2 Å². The molecule has 0 saturated heterocycles. The summed E-state index contributed by atoms with van der Waals surface area (Å²) >= 11 is 5.89. The molecule has 1 unspecified atom stereocenters. The first-order chi connectivity index (χ1) is 18.0. The minimum atomic E-state index is -3.95. The molecule has 3 rings (SSSR count). The van der Waals surface area contributed by atoms with Crippen LogP contribution in [0.25, 0.3) is 0 Å². The van der Waals surface area contributed by atoms with Gasteiger partial charge >= 0.3 is 0 Å². The van der Waals surface area contributed by atoms with Gasteiger partial charge in [0.15, 0.2) is 0 Å². The molecule has 8 nitrogen and oxygen atoms in total. The molecule has 1 atom stereocenters. The third-order valence-corrected chi connectivity index (χ3v) is 8.13. The average molecular weight is 568 g/mol. The van der Waals surface area contributed by atoms with Gasteiger partial charge in [0.25, 0.3) is 0 Å². The van der Waals surface area contributed by atoms with E-state index in [2.05, 4.69) is 5.32 Å². The van der Waals surface area contributed by atoms with Gasteiger partial charge in [0.2, 0.25) is 21.8 Å². The Kier molecular flexibility index (Phi) is 10.4. The summed E-state index contributed by atoms with van der Waals surface area (Å²) in [5.41, 5.74) is 0.769. The van der Waals surface area contributed by atoms with Gasteiger partial charge in [0.05, 0.1) is 24.1 Å². The van der Waals surface area contributed by atoms with E-state index in [1.54, 1.807) is 18.2 Å². The van der Waals surface area contributed by atoms with Crippen LogP contribution in [0.3, 0.4) is 0 Å². The quantitative estimate of drug-likeness (QED) is 0.431. The van der Waals surface area contributed by atoms with Crippen LogP contribution in [0, 0.1) is 5.82 Å². The second kappa shape index (κ2) is 13.3. The van der Waals surface area contributed by atoms with Gasteiger partial charge < -0.3 is 15.0 Å². The monoisotopic (exact) mass is 567 g/mol. The molecular formula is C27H35ClFN3O5S. The number of hydrogen-bond acceptors (Lipinski definition) is 5. The van der Waals surface area contributed by atoms with E-state index >= 15 is 0 Å². The minimum Gasteiger partial charge on any atom is -0.497 e. The highest BCUT2D eigenvalue weighted by Crippen LogP contribution is 2.26. The van der Waals surface area contributed by atoms with E-state index in [9.17, 15) is 22.4 Å². The first-order valence-electron chi connectivity index (χ1n) is 12.7. The molecule has 1 saturated carbocycles. The molecule has 0 bridgehead atoms. The maximum absolute atomic E-state index is 13.8. The number of methoxy groups -OCH3 is 1. The van der Waals surface area contributed by atoms with Gasteiger partial charge in [-0.1, -0.05) is 49.9 Å². The number of halogens is 2. The number of nitrogens with one attached hydrogen (secondary N) is 1. The molecule has 0 aromatic heterocycles. The molecule has 1 aliphatic carbocycles. The molecule has 38 heavy (non-hydrogen) atoms. The van der Waals surface area contributed by atoms with Crippen molar-refractivity contribution in [2.75, 3.05) is 24.2 Å². The zero-order valence-electron chi connectivity index (χ0n) is 22.0. The van der Waals surface area contributed by atoms with Gasteiger partial charge in [-0.05, 0) is 55.2 Å². The molecule has 1 N–H and O–H groups in total. The van der Waals surface area contributed by atoms with E-state index in [0.29, 0.717) is 12.2 Å². The van der Waals surface area contributed by atoms with Gasteiger partial charge in [-0.15, -0.1) is 0 Å². The fourth-order valence-corrected chi connectivity index (χ4v) is 5.70. The molecule has 0 aliphatic heterocycles. The summed E-state index contributed by atoms with van der Waals surface area (Å²) in [5, 5.41) is 2.83. The summed E-state index contributed by atoms with van der Waals surface area (Å²) in [7, 11) is -2.42. The van der Waals surface area contributed by atoms with Crippen molar-refractivity contribution in [2.24, 2.45) is 0 Å². The average Bonchev–Trinajstić information content (AvgIpc) is 2.88. The smallest absolute Gasteiger partial charge is 0.244 e. The Morgan fingerprint density at radius 2 is 1.87 bits per heavy atom. The van der Waals surface area contributed by atoms with Crippen LogP contribution in [0.2, 0.25) is 5.02 Å². The fraction of sp³-hybridized carbons (Fsp3) is 0.481. The van der Waals surface area contributed by atoms with Crippen LogP contribution in [0.5, 0.6) is 5.75 Å². The molecule has 208 valence electrons. The van der Waals surface area contributed by atoms with Crippen LogP contribution in [-0.4, -0.2) is 57.1 Å². The Labute approximate surface area is 229 Å². The van der Waals surface area contributed by atoms with Gasteiger partial charge in [-0.25, -0.2) is 12.8 Å². The summed E-state index contributed by atoms with van der Waals surface area (Å²) in [6, 6.07) is 9.79. The zero-order valence-corrected chi connectivity index (χ0v) is 23.5. The Morgan fingerprint density at radius 1 is 1.16 bits per heavy atom. The topological polar surface area (TPSA) is 96.0 Å². The summed E-state index contributed by atoms with van der Waals surface area (Å²) < 4.78 is 45.3. The second-order valence-electron chi connectivity index (χ2n) is 9.51. The zero-order chi connectivity index (χ0) is 27.9. The van der Waals surface area contributed by atoms with Crippen LogP contribution in [0.15, 0.2) is 42.5 Å². The van der Waals surface area contributed by atoms with Crippen molar-refractivity contribution in [1.29, 1.82) is 0 Å². The Balaban J connectivity index is 1.94. The highest BCUT2D eigenvalue weighted by Gasteiger charge is 2.33. The number of anilines is 1. The highest BCUT2D eigenvalue weighted by atomic mass is 35.5. The Hall–Kier alpha value is -2.85. The largest absolute Gasteiger partial charge is 0.497 e. The second-order valence-corrected chi connectivity index (χ2v) is 11.8. The van der Waals surface area contributed by atoms with Crippen LogP contribution in [-0.2, 0) is 26.2 Å². The summed E-state index contributed by atoms with van der Waals surface area (Å²) in [4.78, 5) is 28.6. The molecule has 2 amide bonds. The minimum absolute atomic E-state index is 0.0490. The first kappa shape index (κ1) is 29.7. The number of rotatable bonds is 11. The molecule has 0 radical (unpaired) electrons. The lowest BCUT2D eigenvalue weighted by atomic mass is 9.95. The molecule has 1 aliphatic rings. The maximum Gasteiger partial charge on any atom is 0.244 e. The third kappa shape index (κ3) is 7.83. The van der Waals surface area contributed by atoms with Gasteiger partial charge in [-0.3, -0.25) is 13.9 Å². The highest BCUT2D eigenvalue weighted by molar-refractivity contribution is 7.92. The SMILES string of the molecule is CCC(C(=O)NC1CCCCC1)N(Cc1cccc(OC)c1)C(=O)CN(c1ccc(F)c(Cl)c1)S(C)(=O)=O. The van der Waals surface area contributed by atoms with Crippen molar-refractivity contribution in [2.45, 2.75) is 64.1 Å². The van der Waals surface area contributed by atoms with Crippen molar-refractivity contribution < 1.29 is 27.1 Å². The number of benzene rings is 2. The van der Waals surface area contributed by atoms with Crippen LogP contribution >= 0.6 is 11.6 Å². The molecule has 11 heteroatoms. The van der Waals surface area contributed by atoms with Crippen molar-refractivity contribution >= 4 is 39.1 Å². The van der Waals surface area contributed by atoms with Gasteiger partial charge in [0.1, 0.15) is 24.2 Å². The van der Waals surface area contributed by atoms with Crippen LogP contribution in [0.1, 0.15) is 51.0 Å². The van der Waals surface area contributed by atoms with Crippen LogP contribution in [0.4, 0.5) is 10.1 Å². The Morgan fingerprint density at radius 3 is 2.47 bits per heavy atom. The number of carbonyl (C=O) groups excluding carboxylic acids is 2. The van der Waals surface area contributed by atoms with Crippen LogP contribution < -0.4 is 14.4 Å². The molecule has 0 heterocycles. The number of sulfonamides is 1. The molecule has 1 fully saturated rings. The number of hydrogen-bond donors (Lipinski definition) is 1. The lowest BCUT2D eigenvalue weighted by Crippen LogP contribution is -2.53. The predicted molar refractivity (Wildman–Crippen MR) is 146 cm³/mol. The molecule has 0 spiro atoms. The lowest BCUT2D eigenvalue weighted by Gasteiger charge is -2.34. The van der Waals surface area contributed by atoms with E-state index in [1.165, 1.54) is 18.1 Å². The Bertz CT molecular complexity index is 1240. The summed E-state index contributed by atoms with van der Waals surface area (Å²) in [6.07, 6.45) is 6.28. The van der Waals surface area contributed by atoms with E-state index in [-0.39, 0.29) is 29.2 Å². The molecule has 2 aromatic carbocycles. The maximum atomic E-state index is 13.8. The van der Waals surface area contributed by atoms with E-state index in [0.717, 1.165) is 60.4 Å². The van der Waals surface area contributed by atoms with E-state index < -0.39 is 34.3 Å². The van der Waals surface area contributed by atoms with E-state index in [1.807, 2.05) is 13.0 Å². The van der Waals surface area contributed by atoms with Crippen molar-refractivity contribution in [3.63, 3.8) is 0 Å². The predicted octanol–water partition coefficient (Wildman–Crippen LogP) is 4.51. The summed E-state index contributed by atoms with van der Waals surface area (Å²) in [6.45, 7) is 1.29. The first-order valence-corrected chi connectivity index (χ1v) is 14.9.